The van der Waals surface area contributed by atoms with Crippen molar-refractivity contribution in [1.82, 2.24) is 10.3 Å². The van der Waals surface area contributed by atoms with Gasteiger partial charge in [0.2, 0.25) is 0 Å². The second-order valence-electron chi connectivity index (χ2n) is 5.17. The fourth-order valence-electron chi connectivity index (χ4n) is 2.74. The molecular weight excluding hydrogens is 289 g/mol. The molecule has 1 aliphatic heterocycles. The number of rotatable bonds is 4. The molecule has 1 fully saturated rings. The van der Waals surface area contributed by atoms with Gasteiger partial charge < -0.3 is 5.32 Å². The van der Waals surface area contributed by atoms with Crippen molar-refractivity contribution in [3.05, 3.63) is 16.1 Å². The van der Waals surface area contributed by atoms with Crippen LogP contribution in [0.15, 0.2) is 6.20 Å². The molecule has 1 atom stereocenters. The number of Topliss-reactive ketones (excluding diaryl/α,β-unsaturated/α-hetero) is 1. The van der Waals surface area contributed by atoms with E-state index in [1.807, 2.05) is 6.92 Å². The van der Waals surface area contributed by atoms with Gasteiger partial charge in [0.1, 0.15) is 0 Å². The number of carbonyl (C=O) groups excluding carboxylic acids is 1. The lowest BCUT2D eigenvalue weighted by Crippen LogP contribution is -2.45. The van der Waals surface area contributed by atoms with Crippen molar-refractivity contribution in [2.45, 2.75) is 38.8 Å². The van der Waals surface area contributed by atoms with Crippen LogP contribution in [0.3, 0.4) is 0 Å². The lowest BCUT2D eigenvalue weighted by molar-refractivity contribution is -0.137. The Hall–Kier alpha value is -0.950. The standard InChI is InChI=1S/C13H17F3N2OS/c1-2-4-12(5-3-6-17-8-12)10(19)9-7-18-11(20-9)13(14,15)16/h7,17H,2-6,8H2,1H3. The first-order valence-corrected chi connectivity index (χ1v) is 7.49. The summed E-state index contributed by atoms with van der Waals surface area (Å²) in [6.07, 6.45) is -0.285. The average molecular weight is 306 g/mol. The highest BCUT2D eigenvalue weighted by Crippen LogP contribution is 2.39. The number of piperidine rings is 1. The van der Waals surface area contributed by atoms with Crippen molar-refractivity contribution in [3.8, 4) is 0 Å². The van der Waals surface area contributed by atoms with E-state index >= 15 is 0 Å². The van der Waals surface area contributed by atoms with E-state index < -0.39 is 16.6 Å². The second kappa shape index (κ2) is 5.81. The molecule has 2 heterocycles. The topological polar surface area (TPSA) is 42.0 Å². The minimum atomic E-state index is -4.48. The van der Waals surface area contributed by atoms with Crippen molar-refractivity contribution < 1.29 is 18.0 Å². The van der Waals surface area contributed by atoms with Crippen molar-refractivity contribution >= 4 is 17.1 Å². The van der Waals surface area contributed by atoms with Gasteiger partial charge in [0.25, 0.3) is 0 Å². The Balaban J connectivity index is 2.25. The summed E-state index contributed by atoms with van der Waals surface area (Å²) in [5.41, 5.74) is -0.567. The van der Waals surface area contributed by atoms with Crippen molar-refractivity contribution in [1.29, 1.82) is 0 Å². The number of hydrogen-bond acceptors (Lipinski definition) is 4. The number of halogens is 3. The maximum atomic E-state index is 12.6. The molecule has 112 valence electrons. The minimum Gasteiger partial charge on any atom is -0.316 e. The van der Waals surface area contributed by atoms with Gasteiger partial charge in [-0.15, -0.1) is 11.3 Å². The first-order chi connectivity index (χ1) is 9.39. The third kappa shape index (κ3) is 3.03. The fourth-order valence-corrected chi connectivity index (χ4v) is 3.58. The van der Waals surface area contributed by atoms with Crippen molar-refractivity contribution in [2.75, 3.05) is 13.1 Å². The Bertz CT molecular complexity index is 473. The second-order valence-corrected chi connectivity index (χ2v) is 6.20. The number of thiazole rings is 1. The highest BCUT2D eigenvalue weighted by molar-refractivity contribution is 7.13. The van der Waals surface area contributed by atoms with E-state index in [4.69, 9.17) is 0 Å². The predicted molar refractivity (Wildman–Crippen MR) is 70.9 cm³/mol. The molecule has 1 unspecified atom stereocenters. The molecule has 0 radical (unpaired) electrons. The van der Waals surface area contributed by atoms with Crippen LogP contribution in [-0.2, 0) is 6.18 Å². The van der Waals surface area contributed by atoms with E-state index in [-0.39, 0.29) is 10.7 Å². The van der Waals surface area contributed by atoms with Crippen LogP contribution in [0.5, 0.6) is 0 Å². The largest absolute Gasteiger partial charge is 0.443 e. The normalized spacial score (nSPS) is 23.8. The van der Waals surface area contributed by atoms with Gasteiger partial charge in [0.05, 0.1) is 4.88 Å². The number of alkyl halides is 3. The van der Waals surface area contributed by atoms with Crippen LogP contribution in [0, 0.1) is 5.41 Å². The van der Waals surface area contributed by atoms with E-state index in [1.165, 1.54) is 0 Å². The monoisotopic (exact) mass is 306 g/mol. The predicted octanol–water partition coefficient (Wildman–Crippen LogP) is 3.51. The molecule has 3 nitrogen and oxygen atoms in total. The number of carbonyl (C=O) groups is 1. The van der Waals surface area contributed by atoms with Gasteiger partial charge in [-0.2, -0.15) is 13.2 Å². The van der Waals surface area contributed by atoms with Gasteiger partial charge >= 0.3 is 6.18 Å². The summed E-state index contributed by atoms with van der Waals surface area (Å²) in [6.45, 7) is 3.38. The maximum absolute atomic E-state index is 12.6. The molecule has 1 saturated heterocycles. The molecule has 1 aromatic rings. The average Bonchev–Trinajstić information content (AvgIpc) is 2.88. The first-order valence-electron chi connectivity index (χ1n) is 6.67. The summed E-state index contributed by atoms with van der Waals surface area (Å²) in [7, 11) is 0. The Morgan fingerprint density at radius 1 is 1.55 bits per heavy atom. The highest BCUT2D eigenvalue weighted by Gasteiger charge is 2.41. The zero-order valence-corrected chi connectivity index (χ0v) is 12.0. The van der Waals surface area contributed by atoms with E-state index in [0.29, 0.717) is 24.3 Å². The number of nitrogens with one attached hydrogen (secondary N) is 1. The molecule has 1 N–H and O–H groups in total. The van der Waals surface area contributed by atoms with Crippen LogP contribution in [0.2, 0.25) is 0 Å². The first kappa shape index (κ1) is 15.4. The zero-order valence-electron chi connectivity index (χ0n) is 11.2. The van der Waals surface area contributed by atoms with Crippen molar-refractivity contribution in [3.63, 3.8) is 0 Å². The summed E-state index contributed by atoms with van der Waals surface area (Å²) in [6, 6.07) is 0. The summed E-state index contributed by atoms with van der Waals surface area (Å²) >= 11 is 0.453. The molecule has 0 saturated carbocycles. The maximum Gasteiger partial charge on any atom is 0.443 e. The molecule has 0 spiro atoms. The van der Waals surface area contributed by atoms with Gasteiger partial charge in [0, 0.05) is 18.2 Å². The van der Waals surface area contributed by atoms with Crippen LogP contribution in [-0.4, -0.2) is 23.9 Å². The van der Waals surface area contributed by atoms with Gasteiger partial charge in [-0.25, -0.2) is 4.98 Å². The minimum absolute atomic E-state index is 0.120. The lowest BCUT2D eigenvalue weighted by atomic mass is 9.73. The molecule has 2 rings (SSSR count). The van der Waals surface area contributed by atoms with E-state index in [1.54, 1.807) is 0 Å². The van der Waals surface area contributed by atoms with Gasteiger partial charge in [-0.3, -0.25) is 4.79 Å². The molecule has 1 aliphatic rings. The Kier molecular flexibility index (Phi) is 4.49. The lowest BCUT2D eigenvalue weighted by Gasteiger charge is -2.35. The summed E-state index contributed by atoms with van der Waals surface area (Å²) < 4.78 is 37.7. The van der Waals surface area contributed by atoms with Gasteiger partial charge in [-0.05, 0) is 25.8 Å². The van der Waals surface area contributed by atoms with Crippen LogP contribution >= 0.6 is 11.3 Å². The van der Waals surface area contributed by atoms with Gasteiger partial charge in [-0.1, -0.05) is 13.3 Å². The van der Waals surface area contributed by atoms with E-state index in [2.05, 4.69) is 10.3 Å². The van der Waals surface area contributed by atoms with Crippen molar-refractivity contribution in [2.24, 2.45) is 5.41 Å². The third-order valence-corrected chi connectivity index (χ3v) is 4.70. The van der Waals surface area contributed by atoms with E-state index in [0.717, 1.165) is 32.0 Å². The number of hydrogen-bond donors (Lipinski definition) is 1. The smallest absolute Gasteiger partial charge is 0.316 e. The Labute approximate surface area is 119 Å². The summed E-state index contributed by atoms with van der Waals surface area (Å²) in [5, 5.41) is 2.24. The molecule has 0 aromatic carbocycles. The van der Waals surface area contributed by atoms with Gasteiger partial charge in [0.15, 0.2) is 10.8 Å². The zero-order chi connectivity index (χ0) is 14.8. The Morgan fingerprint density at radius 3 is 2.80 bits per heavy atom. The summed E-state index contributed by atoms with van der Waals surface area (Å²) in [4.78, 5) is 16.1. The van der Waals surface area contributed by atoms with Crippen LogP contribution < -0.4 is 5.32 Å². The van der Waals surface area contributed by atoms with E-state index in [9.17, 15) is 18.0 Å². The quantitative estimate of drug-likeness (QED) is 0.866. The highest BCUT2D eigenvalue weighted by atomic mass is 32.1. The molecular formula is C13H17F3N2OS. The number of ketones is 1. The van der Waals surface area contributed by atoms with Crippen LogP contribution in [0.1, 0.15) is 47.3 Å². The fraction of sp³-hybridized carbons (Fsp3) is 0.692. The van der Waals surface area contributed by atoms with Crippen LogP contribution in [0.4, 0.5) is 13.2 Å². The molecule has 0 bridgehead atoms. The summed E-state index contributed by atoms with van der Waals surface area (Å²) in [5.74, 6) is -0.195. The van der Waals surface area contributed by atoms with Crippen LogP contribution in [0.25, 0.3) is 0 Å². The molecule has 1 aromatic heterocycles. The molecule has 20 heavy (non-hydrogen) atoms. The SMILES string of the molecule is CCCC1(C(=O)c2cnc(C(F)(F)F)s2)CCCNC1. The molecule has 0 aliphatic carbocycles. The number of nitrogens with zero attached hydrogens (tertiary/aromatic N) is 1. The Morgan fingerprint density at radius 2 is 2.30 bits per heavy atom. The third-order valence-electron chi connectivity index (χ3n) is 3.65. The number of aromatic nitrogens is 1. The molecule has 7 heteroatoms. The molecule has 0 amide bonds.